The number of carbonyl (C=O) groups excluding carboxylic acids is 1. The molecule has 10 heteroatoms. The van der Waals surface area contributed by atoms with Crippen LogP contribution in [0.4, 0.5) is 0 Å². The summed E-state index contributed by atoms with van der Waals surface area (Å²) in [4.78, 5) is 17.4. The molecule has 1 aliphatic rings. The second-order valence-corrected chi connectivity index (χ2v) is 10.5. The van der Waals surface area contributed by atoms with Gasteiger partial charge in [-0.15, -0.1) is 0 Å². The molecule has 0 aliphatic carbocycles. The van der Waals surface area contributed by atoms with Crippen LogP contribution in [0.5, 0.6) is 0 Å². The monoisotopic (exact) mass is 474 g/mol. The number of carbonyl (C=O) groups is 1. The van der Waals surface area contributed by atoms with Gasteiger partial charge in [-0.05, 0) is 38.1 Å². The summed E-state index contributed by atoms with van der Waals surface area (Å²) in [6.45, 7) is 5.29. The lowest BCUT2D eigenvalue weighted by Crippen LogP contribution is -2.40. The van der Waals surface area contributed by atoms with Gasteiger partial charge in [-0.2, -0.15) is 4.31 Å². The Morgan fingerprint density at radius 3 is 2.62 bits per heavy atom. The summed E-state index contributed by atoms with van der Waals surface area (Å²) in [5.74, 6) is 0.287. The summed E-state index contributed by atoms with van der Waals surface area (Å²) in [5, 5.41) is 0.785. The molecule has 2 aromatic heterocycles. The third-order valence-corrected chi connectivity index (χ3v) is 8.48. The summed E-state index contributed by atoms with van der Waals surface area (Å²) in [7, 11) is -1.71. The number of sulfonamides is 1. The van der Waals surface area contributed by atoms with Crippen LogP contribution >= 0.6 is 11.8 Å². The smallest absolute Gasteiger partial charge is 0.243 e. The fourth-order valence-corrected chi connectivity index (χ4v) is 6.12. The first-order chi connectivity index (χ1) is 15.3. The van der Waals surface area contributed by atoms with E-state index in [1.54, 1.807) is 24.4 Å². The Morgan fingerprint density at radius 1 is 1.19 bits per heavy atom. The van der Waals surface area contributed by atoms with Crippen LogP contribution in [0.1, 0.15) is 21.7 Å². The fourth-order valence-electron chi connectivity index (χ4n) is 3.86. The molecular formula is C22H26N4O4S2. The molecule has 3 heterocycles. The van der Waals surface area contributed by atoms with E-state index in [-0.39, 0.29) is 16.4 Å². The molecular weight excluding hydrogens is 448 g/mol. The summed E-state index contributed by atoms with van der Waals surface area (Å²) in [6.07, 6.45) is 3.55. The Kier molecular flexibility index (Phi) is 6.57. The van der Waals surface area contributed by atoms with E-state index in [1.165, 1.54) is 16.1 Å². The first-order valence-corrected chi connectivity index (χ1v) is 12.7. The van der Waals surface area contributed by atoms with Crippen LogP contribution < -0.4 is 0 Å². The van der Waals surface area contributed by atoms with E-state index in [9.17, 15) is 13.2 Å². The topological polar surface area (TPSA) is 86.4 Å². The second-order valence-electron chi connectivity index (χ2n) is 7.67. The molecule has 4 rings (SSSR count). The van der Waals surface area contributed by atoms with Gasteiger partial charge in [0.1, 0.15) is 0 Å². The molecule has 0 unspecified atom stereocenters. The summed E-state index contributed by atoms with van der Waals surface area (Å²) >= 11 is 1.40. The maximum atomic E-state index is 13.1. The number of hydrogen-bond donors (Lipinski definition) is 0. The number of ketones is 1. The van der Waals surface area contributed by atoms with Crippen molar-refractivity contribution in [1.29, 1.82) is 0 Å². The molecule has 1 aliphatic heterocycles. The van der Waals surface area contributed by atoms with E-state index in [2.05, 4.69) is 4.98 Å². The quantitative estimate of drug-likeness (QED) is 0.387. The highest BCUT2D eigenvalue weighted by atomic mass is 32.2. The van der Waals surface area contributed by atoms with Gasteiger partial charge >= 0.3 is 0 Å². The zero-order valence-corrected chi connectivity index (χ0v) is 19.9. The standard InChI is InChI=1S/C22H26N4O4S2/c1-16-13-20(21(27)15-31-22-23-7-8-24(22)3)17(2)26(16)18-5-4-6-19(14-18)32(28,29)25-9-11-30-12-10-25/h4-8,13-14H,9-12,15H2,1-3H3. The first-order valence-electron chi connectivity index (χ1n) is 10.3. The lowest BCUT2D eigenvalue weighted by atomic mass is 10.2. The van der Waals surface area contributed by atoms with Crippen LogP contribution in [0.3, 0.4) is 0 Å². The molecule has 1 fully saturated rings. The molecule has 1 aromatic carbocycles. The lowest BCUT2D eigenvalue weighted by molar-refractivity contribution is 0.0730. The molecule has 0 saturated carbocycles. The molecule has 0 spiro atoms. The van der Waals surface area contributed by atoms with E-state index in [0.717, 1.165) is 16.5 Å². The molecule has 0 radical (unpaired) electrons. The van der Waals surface area contributed by atoms with Crippen LogP contribution in [0.15, 0.2) is 52.8 Å². The van der Waals surface area contributed by atoms with Gasteiger partial charge < -0.3 is 13.9 Å². The summed E-state index contributed by atoms with van der Waals surface area (Å²) < 4.78 is 36.7. The number of ether oxygens (including phenoxy) is 1. The zero-order chi connectivity index (χ0) is 22.9. The SMILES string of the molecule is Cc1cc(C(=O)CSc2nccn2C)c(C)n1-c1cccc(S(=O)(=O)N2CCOCC2)c1. The minimum absolute atomic E-state index is 0.00874. The van der Waals surface area contributed by atoms with Gasteiger partial charge in [0.2, 0.25) is 10.0 Å². The Bertz CT molecular complexity index is 1240. The largest absolute Gasteiger partial charge is 0.379 e. The van der Waals surface area contributed by atoms with Gasteiger partial charge in [0.05, 0.1) is 23.9 Å². The van der Waals surface area contributed by atoms with E-state index < -0.39 is 10.0 Å². The molecule has 8 nitrogen and oxygen atoms in total. The van der Waals surface area contributed by atoms with Gasteiger partial charge in [-0.25, -0.2) is 13.4 Å². The number of imidazole rings is 1. The predicted molar refractivity (Wildman–Crippen MR) is 123 cm³/mol. The van der Waals surface area contributed by atoms with Crippen molar-refractivity contribution in [2.45, 2.75) is 23.9 Å². The minimum Gasteiger partial charge on any atom is -0.379 e. The Hall–Kier alpha value is -2.40. The summed E-state index contributed by atoms with van der Waals surface area (Å²) in [6, 6.07) is 8.73. The van der Waals surface area contributed by atoms with Crippen molar-refractivity contribution in [2.24, 2.45) is 7.05 Å². The number of morpholine rings is 1. The number of Topliss-reactive ketones (excluding diaryl/α,β-unsaturated/α-hetero) is 1. The van der Waals surface area contributed by atoms with Crippen LogP contribution in [-0.2, 0) is 21.8 Å². The van der Waals surface area contributed by atoms with Crippen molar-refractivity contribution >= 4 is 27.6 Å². The summed E-state index contributed by atoms with van der Waals surface area (Å²) in [5.41, 5.74) is 3.00. The molecule has 3 aromatic rings. The van der Waals surface area contributed by atoms with Gasteiger partial charge in [0, 0.05) is 55.2 Å². The van der Waals surface area contributed by atoms with Crippen molar-refractivity contribution in [2.75, 3.05) is 32.1 Å². The van der Waals surface area contributed by atoms with Gasteiger partial charge in [0.25, 0.3) is 0 Å². The molecule has 0 bridgehead atoms. The van der Waals surface area contributed by atoms with Crippen molar-refractivity contribution < 1.29 is 17.9 Å². The number of nitrogens with zero attached hydrogens (tertiary/aromatic N) is 4. The highest BCUT2D eigenvalue weighted by Gasteiger charge is 2.27. The average Bonchev–Trinajstić information content (AvgIpc) is 3.34. The highest BCUT2D eigenvalue weighted by molar-refractivity contribution is 7.99. The maximum Gasteiger partial charge on any atom is 0.243 e. The van der Waals surface area contributed by atoms with Gasteiger partial charge in [-0.1, -0.05) is 17.8 Å². The molecule has 170 valence electrons. The van der Waals surface area contributed by atoms with Crippen molar-refractivity contribution in [3.05, 3.63) is 59.7 Å². The van der Waals surface area contributed by atoms with Gasteiger partial charge in [-0.3, -0.25) is 4.79 Å². The number of rotatable bonds is 7. The second kappa shape index (κ2) is 9.22. The molecule has 32 heavy (non-hydrogen) atoms. The number of thioether (sulfide) groups is 1. The van der Waals surface area contributed by atoms with Crippen LogP contribution in [0, 0.1) is 13.8 Å². The van der Waals surface area contributed by atoms with Crippen LogP contribution in [0.25, 0.3) is 5.69 Å². The fraction of sp³-hybridized carbons (Fsp3) is 0.364. The average molecular weight is 475 g/mol. The van der Waals surface area contributed by atoms with E-state index in [0.29, 0.717) is 37.6 Å². The number of aryl methyl sites for hydroxylation is 2. The maximum absolute atomic E-state index is 13.1. The zero-order valence-electron chi connectivity index (χ0n) is 18.3. The Labute approximate surface area is 192 Å². The number of hydrogen-bond acceptors (Lipinski definition) is 6. The highest BCUT2D eigenvalue weighted by Crippen LogP contribution is 2.26. The Balaban J connectivity index is 1.60. The van der Waals surface area contributed by atoms with E-state index in [4.69, 9.17) is 4.74 Å². The number of benzene rings is 1. The van der Waals surface area contributed by atoms with Crippen molar-refractivity contribution in [3.63, 3.8) is 0 Å². The van der Waals surface area contributed by atoms with E-state index in [1.807, 2.05) is 48.4 Å². The van der Waals surface area contributed by atoms with Crippen molar-refractivity contribution in [3.8, 4) is 5.69 Å². The van der Waals surface area contributed by atoms with Crippen LogP contribution in [0.2, 0.25) is 0 Å². The number of aromatic nitrogens is 3. The lowest BCUT2D eigenvalue weighted by Gasteiger charge is -2.26. The third-order valence-electron chi connectivity index (χ3n) is 5.52. The molecule has 0 amide bonds. The van der Waals surface area contributed by atoms with Gasteiger partial charge in [0.15, 0.2) is 10.9 Å². The van der Waals surface area contributed by atoms with Crippen LogP contribution in [-0.4, -0.2) is 64.7 Å². The minimum atomic E-state index is -3.61. The van der Waals surface area contributed by atoms with Crippen molar-refractivity contribution in [1.82, 2.24) is 18.4 Å². The normalized spacial score (nSPS) is 15.2. The van der Waals surface area contributed by atoms with E-state index >= 15 is 0 Å². The molecule has 0 atom stereocenters. The molecule has 1 saturated heterocycles. The Morgan fingerprint density at radius 2 is 1.94 bits per heavy atom. The third kappa shape index (κ3) is 4.40. The predicted octanol–water partition coefficient (Wildman–Crippen LogP) is 2.82. The first kappa shape index (κ1) is 22.8. The molecule has 0 N–H and O–H groups in total.